The second kappa shape index (κ2) is 8.45. The van der Waals surface area contributed by atoms with E-state index in [0.29, 0.717) is 18.8 Å². The van der Waals surface area contributed by atoms with Crippen molar-refractivity contribution in [3.63, 3.8) is 0 Å². The highest BCUT2D eigenvalue weighted by Gasteiger charge is 2.43. The van der Waals surface area contributed by atoms with E-state index in [4.69, 9.17) is 4.74 Å². The maximum atomic E-state index is 12.7. The van der Waals surface area contributed by atoms with Gasteiger partial charge in [0.2, 0.25) is 0 Å². The van der Waals surface area contributed by atoms with Crippen LogP contribution in [0.15, 0.2) is 30.3 Å². The first-order chi connectivity index (χ1) is 12.8. The van der Waals surface area contributed by atoms with E-state index in [1.54, 1.807) is 0 Å². The second-order valence-corrected chi connectivity index (χ2v) is 9.38. The lowest BCUT2D eigenvalue weighted by Gasteiger charge is -2.47. The number of Topliss-reactive ketones (excluding diaryl/α,β-unsaturated/α-hetero) is 1. The van der Waals surface area contributed by atoms with Crippen molar-refractivity contribution in [1.82, 2.24) is 4.90 Å². The number of rotatable bonds is 5. The van der Waals surface area contributed by atoms with E-state index in [2.05, 4.69) is 20.8 Å². The molecule has 2 aliphatic heterocycles. The van der Waals surface area contributed by atoms with Crippen molar-refractivity contribution in [2.75, 3.05) is 0 Å². The smallest absolute Gasteiger partial charge is 0.410 e. The Bertz CT molecular complexity index is 635. The molecule has 3 rings (SSSR count). The van der Waals surface area contributed by atoms with E-state index in [-0.39, 0.29) is 29.5 Å². The first-order valence-corrected chi connectivity index (χ1v) is 10.4. The van der Waals surface area contributed by atoms with Crippen LogP contribution in [-0.2, 0) is 16.1 Å². The van der Waals surface area contributed by atoms with Crippen molar-refractivity contribution in [2.24, 2.45) is 11.3 Å². The lowest BCUT2D eigenvalue weighted by Crippen LogP contribution is -2.55. The molecule has 27 heavy (non-hydrogen) atoms. The number of carbonyl (C=O) groups is 2. The van der Waals surface area contributed by atoms with Crippen LogP contribution < -0.4 is 0 Å². The quantitative estimate of drug-likeness (QED) is 0.701. The van der Waals surface area contributed by atoms with Crippen LogP contribution in [0.25, 0.3) is 0 Å². The minimum atomic E-state index is -0.214. The maximum absolute atomic E-state index is 12.7. The van der Waals surface area contributed by atoms with Crippen LogP contribution in [0, 0.1) is 11.3 Å². The van der Waals surface area contributed by atoms with Crippen molar-refractivity contribution >= 4 is 11.9 Å². The van der Waals surface area contributed by atoms with Gasteiger partial charge in [0.1, 0.15) is 12.4 Å². The van der Waals surface area contributed by atoms with Crippen LogP contribution in [0.4, 0.5) is 4.79 Å². The van der Waals surface area contributed by atoms with E-state index in [9.17, 15) is 9.59 Å². The Morgan fingerprint density at radius 1 is 1.07 bits per heavy atom. The standard InChI is InChI=1S/C23H33NO3/c1-23(2,3)13-12-21(25)18-14-19-10-7-11-20(15-18)24(19)22(26)27-16-17-8-5-4-6-9-17/h4-6,8-9,18-20H,7,10-16H2,1-3H3. The van der Waals surface area contributed by atoms with Crippen LogP contribution in [0.5, 0.6) is 0 Å². The third-order valence-corrected chi connectivity index (χ3v) is 5.97. The summed E-state index contributed by atoms with van der Waals surface area (Å²) < 4.78 is 5.59. The van der Waals surface area contributed by atoms with Gasteiger partial charge in [0.05, 0.1) is 0 Å². The number of carbonyl (C=O) groups excluding carboxylic acids is 2. The molecule has 148 valence electrons. The van der Waals surface area contributed by atoms with Gasteiger partial charge in [-0.25, -0.2) is 4.79 Å². The first kappa shape index (κ1) is 19.9. The van der Waals surface area contributed by atoms with Gasteiger partial charge in [-0.15, -0.1) is 0 Å². The third kappa shape index (κ3) is 5.33. The topological polar surface area (TPSA) is 46.6 Å². The summed E-state index contributed by atoms with van der Waals surface area (Å²) in [6, 6.07) is 10.1. The predicted octanol–water partition coefficient (Wildman–Crippen LogP) is 5.35. The Morgan fingerprint density at radius 3 is 2.30 bits per heavy atom. The molecule has 2 bridgehead atoms. The highest BCUT2D eigenvalue weighted by atomic mass is 16.6. The number of ether oxygens (including phenoxy) is 1. The lowest BCUT2D eigenvalue weighted by atomic mass is 9.75. The van der Waals surface area contributed by atoms with E-state index >= 15 is 0 Å². The molecule has 0 aromatic heterocycles. The van der Waals surface area contributed by atoms with E-state index in [1.165, 1.54) is 0 Å². The van der Waals surface area contributed by atoms with Gasteiger partial charge in [-0.2, -0.15) is 0 Å². The Morgan fingerprint density at radius 2 is 1.70 bits per heavy atom. The molecule has 0 aliphatic carbocycles. The lowest BCUT2D eigenvalue weighted by molar-refractivity contribution is -0.127. The molecule has 0 radical (unpaired) electrons. The normalized spacial score (nSPS) is 25.1. The predicted molar refractivity (Wildman–Crippen MR) is 106 cm³/mol. The SMILES string of the molecule is CC(C)(C)CCC(=O)C1CC2CCCC(C1)N2C(=O)OCc1ccccc1. The third-order valence-electron chi connectivity index (χ3n) is 5.97. The first-order valence-electron chi connectivity index (χ1n) is 10.4. The molecule has 4 nitrogen and oxygen atoms in total. The maximum Gasteiger partial charge on any atom is 0.410 e. The minimum Gasteiger partial charge on any atom is -0.445 e. The fourth-order valence-electron chi connectivity index (χ4n) is 4.44. The molecular weight excluding hydrogens is 338 g/mol. The molecule has 1 amide bonds. The van der Waals surface area contributed by atoms with E-state index < -0.39 is 0 Å². The number of hydrogen-bond acceptors (Lipinski definition) is 3. The van der Waals surface area contributed by atoms with Crippen molar-refractivity contribution in [1.29, 1.82) is 0 Å². The molecule has 2 heterocycles. The van der Waals surface area contributed by atoms with Crippen molar-refractivity contribution in [3.05, 3.63) is 35.9 Å². The summed E-state index contributed by atoms with van der Waals surface area (Å²) in [4.78, 5) is 27.4. The zero-order chi connectivity index (χ0) is 19.4. The van der Waals surface area contributed by atoms with Gasteiger partial charge < -0.3 is 9.64 Å². The fraction of sp³-hybridized carbons (Fsp3) is 0.652. The monoisotopic (exact) mass is 371 g/mol. The zero-order valence-corrected chi connectivity index (χ0v) is 16.9. The molecule has 0 saturated carbocycles. The Kier molecular flexibility index (Phi) is 6.23. The number of hydrogen-bond donors (Lipinski definition) is 0. The summed E-state index contributed by atoms with van der Waals surface area (Å²) in [6.45, 7) is 6.85. The van der Waals surface area contributed by atoms with Gasteiger partial charge in [-0.3, -0.25) is 4.79 Å². The van der Waals surface area contributed by atoms with Crippen LogP contribution in [0.3, 0.4) is 0 Å². The molecule has 2 unspecified atom stereocenters. The number of piperidine rings is 2. The largest absolute Gasteiger partial charge is 0.445 e. The highest BCUT2D eigenvalue weighted by Crippen LogP contribution is 2.38. The molecule has 0 N–H and O–H groups in total. The average molecular weight is 372 g/mol. The van der Waals surface area contributed by atoms with Crippen molar-refractivity contribution in [2.45, 2.75) is 84.4 Å². The average Bonchev–Trinajstić information content (AvgIpc) is 2.63. The summed E-state index contributed by atoms with van der Waals surface area (Å²) in [7, 11) is 0. The molecule has 1 aromatic rings. The van der Waals surface area contributed by atoms with Gasteiger partial charge in [-0.05, 0) is 49.5 Å². The van der Waals surface area contributed by atoms with Gasteiger partial charge >= 0.3 is 6.09 Å². The summed E-state index contributed by atoms with van der Waals surface area (Å²) in [6.07, 6.45) is 6.10. The number of amides is 1. The highest BCUT2D eigenvalue weighted by molar-refractivity contribution is 5.81. The number of ketones is 1. The number of nitrogens with zero attached hydrogens (tertiary/aromatic N) is 1. The van der Waals surface area contributed by atoms with Crippen LogP contribution in [-0.4, -0.2) is 28.9 Å². The van der Waals surface area contributed by atoms with E-state index in [0.717, 1.165) is 44.1 Å². The molecule has 2 aliphatic rings. The fourth-order valence-corrected chi connectivity index (χ4v) is 4.44. The molecule has 1 aromatic carbocycles. The molecule has 2 saturated heterocycles. The summed E-state index contributed by atoms with van der Waals surface area (Å²) in [5, 5.41) is 0. The summed E-state index contributed by atoms with van der Waals surface area (Å²) >= 11 is 0. The molecular formula is C23H33NO3. The zero-order valence-electron chi connectivity index (χ0n) is 16.9. The molecule has 4 heteroatoms. The Balaban J connectivity index is 1.57. The van der Waals surface area contributed by atoms with Gasteiger partial charge in [0, 0.05) is 24.4 Å². The Hall–Kier alpha value is -1.84. The molecule has 2 fully saturated rings. The van der Waals surface area contributed by atoms with Gasteiger partial charge in [0.25, 0.3) is 0 Å². The molecule has 0 spiro atoms. The minimum absolute atomic E-state index is 0.112. The van der Waals surface area contributed by atoms with Crippen molar-refractivity contribution < 1.29 is 14.3 Å². The van der Waals surface area contributed by atoms with Crippen LogP contribution in [0.2, 0.25) is 0 Å². The summed E-state index contributed by atoms with van der Waals surface area (Å²) in [5.41, 5.74) is 1.19. The van der Waals surface area contributed by atoms with Gasteiger partial charge in [-0.1, -0.05) is 51.1 Å². The molecule has 2 atom stereocenters. The Labute approximate surface area is 163 Å². The summed E-state index contributed by atoms with van der Waals surface area (Å²) in [5.74, 6) is 0.500. The van der Waals surface area contributed by atoms with Crippen LogP contribution >= 0.6 is 0 Å². The van der Waals surface area contributed by atoms with Gasteiger partial charge in [0.15, 0.2) is 0 Å². The number of benzene rings is 1. The van der Waals surface area contributed by atoms with E-state index in [1.807, 2.05) is 35.2 Å². The second-order valence-electron chi connectivity index (χ2n) is 9.38. The van der Waals surface area contributed by atoms with Crippen LogP contribution in [0.1, 0.15) is 71.3 Å². The van der Waals surface area contributed by atoms with Crippen molar-refractivity contribution in [3.8, 4) is 0 Å². The number of fused-ring (bicyclic) bond motifs is 2.